The molecule has 1 fully saturated rings. The van der Waals surface area contributed by atoms with Crippen LogP contribution in [0.4, 0.5) is 5.69 Å². The Hall–Kier alpha value is -1.94. The summed E-state index contributed by atoms with van der Waals surface area (Å²) in [6.07, 6.45) is 10.4. The topological polar surface area (TPSA) is 20.0 Å². The maximum Gasteiger partial charge on any atom is 0.387 e. The van der Waals surface area contributed by atoms with Crippen LogP contribution in [0.2, 0.25) is 0 Å². The van der Waals surface area contributed by atoms with Crippen molar-refractivity contribution >= 4 is 23.1 Å². The lowest BCUT2D eigenvalue weighted by Gasteiger charge is -2.16. The van der Waals surface area contributed by atoms with Crippen LogP contribution in [0, 0.1) is 6.92 Å². The zero-order chi connectivity index (χ0) is 15.9. The van der Waals surface area contributed by atoms with Crippen LogP contribution in [0.5, 0.6) is 0 Å². The van der Waals surface area contributed by atoms with E-state index in [9.17, 15) is 0 Å². The zero-order valence-corrected chi connectivity index (χ0v) is 14.3. The molecule has 0 atom stereocenters. The molecule has 2 aromatic rings. The van der Waals surface area contributed by atoms with Crippen LogP contribution in [0.1, 0.15) is 30.3 Å². The Labute approximate surface area is 137 Å². The summed E-state index contributed by atoms with van der Waals surface area (Å²) in [5.74, 6) is 0. The quantitative estimate of drug-likeness (QED) is 0.626. The van der Waals surface area contributed by atoms with E-state index >= 15 is 0 Å². The minimum absolute atomic E-state index is 0.983. The van der Waals surface area contributed by atoms with Crippen LogP contribution in [0.25, 0.3) is 11.2 Å². The van der Waals surface area contributed by atoms with Crippen LogP contribution in [0.3, 0.4) is 0 Å². The van der Waals surface area contributed by atoms with Gasteiger partial charge in [0.15, 0.2) is 5.69 Å². The number of aromatic nitrogens is 2. The van der Waals surface area contributed by atoms with Crippen molar-refractivity contribution in [3.63, 3.8) is 0 Å². The summed E-state index contributed by atoms with van der Waals surface area (Å²) in [4.78, 5) is 8.22. The molecule has 4 heteroatoms. The standard InChI is InChI=1S/C15H18N3S.C3H6/c1-3-14-12(2)19-15(16-14)18-10-6-13(7-11-18)17-8-4-5-9-17;1-3-2/h3,6-7,10-11H,1,4-5,8-9H2,2H3;3H,1H2,2H3/q+1;. The summed E-state index contributed by atoms with van der Waals surface area (Å²) < 4.78 is 2.07. The number of hydrogen-bond acceptors (Lipinski definition) is 3. The summed E-state index contributed by atoms with van der Waals surface area (Å²) in [6.45, 7) is 13.5. The van der Waals surface area contributed by atoms with Crippen molar-refractivity contribution in [1.29, 1.82) is 0 Å². The first-order chi connectivity index (χ1) is 10.7. The summed E-state index contributed by atoms with van der Waals surface area (Å²) in [6, 6.07) is 4.35. The predicted molar refractivity (Wildman–Crippen MR) is 95.8 cm³/mol. The van der Waals surface area contributed by atoms with E-state index in [-0.39, 0.29) is 0 Å². The summed E-state index contributed by atoms with van der Waals surface area (Å²) in [5.41, 5.74) is 2.29. The van der Waals surface area contributed by atoms with Gasteiger partial charge in [0.05, 0.1) is 17.3 Å². The van der Waals surface area contributed by atoms with E-state index in [4.69, 9.17) is 0 Å². The Morgan fingerprint density at radius 2 is 1.82 bits per heavy atom. The molecule has 0 N–H and O–H groups in total. The van der Waals surface area contributed by atoms with Gasteiger partial charge in [-0.15, -0.1) is 6.58 Å². The van der Waals surface area contributed by atoms with E-state index in [2.05, 4.69) is 59.1 Å². The minimum Gasteiger partial charge on any atom is -0.371 e. The fourth-order valence-corrected chi connectivity index (χ4v) is 3.30. The number of hydrogen-bond donors (Lipinski definition) is 0. The zero-order valence-electron chi connectivity index (χ0n) is 13.5. The molecule has 0 spiro atoms. The highest BCUT2D eigenvalue weighted by Crippen LogP contribution is 2.20. The van der Waals surface area contributed by atoms with Crippen LogP contribution < -0.4 is 9.47 Å². The van der Waals surface area contributed by atoms with Crippen molar-refractivity contribution in [3.05, 3.63) is 54.3 Å². The van der Waals surface area contributed by atoms with Crippen molar-refractivity contribution in [1.82, 2.24) is 4.98 Å². The molecule has 0 aromatic carbocycles. The van der Waals surface area contributed by atoms with Gasteiger partial charge in [0.1, 0.15) is 0 Å². The molecule has 0 amide bonds. The van der Waals surface area contributed by atoms with Crippen LogP contribution in [-0.4, -0.2) is 18.1 Å². The smallest absolute Gasteiger partial charge is 0.371 e. The summed E-state index contributed by atoms with van der Waals surface area (Å²) in [5, 5.41) is 1.00. The van der Waals surface area contributed by atoms with E-state index in [1.54, 1.807) is 17.4 Å². The third-order valence-corrected chi connectivity index (χ3v) is 4.52. The van der Waals surface area contributed by atoms with Crippen molar-refractivity contribution in [2.45, 2.75) is 26.7 Å². The second-order valence-electron chi connectivity index (χ2n) is 5.21. The third-order valence-electron chi connectivity index (χ3n) is 3.52. The highest BCUT2D eigenvalue weighted by Gasteiger charge is 2.17. The molecular formula is C18H24N3S+. The molecular weight excluding hydrogens is 290 g/mol. The molecule has 1 saturated heterocycles. The molecule has 3 nitrogen and oxygen atoms in total. The van der Waals surface area contributed by atoms with Gasteiger partial charge in [0.2, 0.25) is 0 Å². The molecule has 2 aromatic heterocycles. The lowest BCUT2D eigenvalue weighted by Crippen LogP contribution is -2.30. The normalized spacial score (nSPS) is 13.5. The summed E-state index contributed by atoms with van der Waals surface area (Å²) >= 11 is 1.70. The monoisotopic (exact) mass is 314 g/mol. The maximum absolute atomic E-state index is 4.58. The average Bonchev–Trinajstić information content (AvgIpc) is 3.17. The van der Waals surface area contributed by atoms with Gasteiger partial charge in [0, 0.05) is 30.9 Å². The lowest BCUT2D eigenvalue weighted by atomic mass is 10.3. The van der Waals surface area contributed by atoms with Gasteiger partial charge in [0.25, 0.3) is 0 Å². The molecule has 1 aliphatic heterocycles. The highest BCUT2D eigenvalue weighted by molar-refractivity contribution is 7.13. The molecule has 0 saturated carbocycles. The number of allylic oxidation sites excluding steroid dienone is 1. The second-order valence-corrected chi connectivity index (χ2v) is 6.39. The van der Waals surface area contributed by atoms with E-state index in [1.165, 1.54) is 36.5 Å². The number of nitrogens with zero attached hydrogens (tertiary/aromatic N) is 3. The first-order valence-corrected chi connectivity index (χ1v) is 8.44. The fraction of sp³-hybridized carbons (Fsp3) is 0.333. The van der Waals surface area contributed by atoms with Gasteiger partial charge in [-0.1, -0.05) is 12.7 Å². The first kappa shape index (κ1) is 16.4. The molecule has 0 radical (unpaired) electrons. The number of thiazole rings is 1. The Bertz CT molecular complexity index is 622. The minimum atomic E-state index is 0.983. The Morgan fingerprint density at radius 3 is 2.32 bits per heavy atom. The van der Waals surface area contributed by atoms with E-state index in [1.807, 2.05) is 13.0 Å². The second kappa shape index (κ2) is 7.90. The van der Waals surface area contributed by atoms with Crippen molar-refractivity contribution in [2.24, 2.45) is 0 Å². The van der Waals surface area contributed by atoms with Crippen molar-refractivity contribution in [2.75, 3.05) is 18.0 Å². The summed E-state index contributed by atoms with van der Waals surface area (Å²) in [7, 11) is 0. The maximum atomic E-state index is 4.58. The molecule has 116 valence electrons. The van der Waals surface area contributed by atoms with Crippen molar-refractivity contribution in [3.8, 4) is 5.13 Å². The van der Waals surface area contributed by atoms with Crippen LogP contribution in [0.15, 0.2) is 43.8 Å². The molecule has 3 heterocycles. The number of pyridine rings is 1. The Balaban J connectivity index is 0.000000545. The molecule has 3 rings (SSSR count). The molecule has 22 heavy (non-hydrogen) atoms. The van der Waals surface area contributed by atoms with Gasteiger partial charge < -0.3 is 4.90 Å². The third kappa shape index (κ3) is 3.83. The van der Waals surface area contributed by atoms with Gasteiger partial charge in [-0.05, 0) is 49.1 Å². The van der Waals surface area contributed by atoms with E-state index < -0.39 is 0 Å². The van der Waals surface area contributed by atoms with E-state index in [0.717, 1.165) is 10.8 Å². The van der Waals surface area contributed by atoms with Crippen LogP contribution in [-0.2, 0) is 0 Å². The number of aryl methyl sites for hydroxylation is 1. The Morgan fingerprint density at radius 1 is 1.23 bits per heavy atom. The SMILES string of the molecule is C=CC.C=Cc1nc(-[n+]2ccc(N3CCCC3)cc2)sc1C. The molecule has 0 bridgehead atoms. The number of anilines is 1. The highest BCUT2D eigenvalue weighted by atomic mass is 32.1. The largest absolute Gasteiger partial charge is 0.387 e. The van der Waals surface area contributed by atoms with Gasteiger partial charge in [-0.2, -0.15) is 4.57 Å². The average molecular weight is 314 g/mol. The van der Waals surface area contributed by atoms with Crippen molar-refractivity contribution < 1.29 is 4.57 Å². The predicted octanol–water partition coefficient (Wildman–Crippen LogP) is 4.16. The first-order valence-electron chi connectivity index (χ1n) is 7.63. The molecule has 1 aliphatic rings. The Kier molecular flexibility index (Phi) is 5.90. The van der Waals surface area contributed by atoms with Crippen LogP contribution >= 0.6 is 11.3 Å². The lowest BCUT2D eigenvalue weighted by molar-refractivity contribution is -0.595. The fourth-order valence-electron chi connectivity index (χ4n) is 2.43. The van der Waals surface area contributed by atoms with Gasteiger partial charge in [-0.25, -0.2) is 0 Å². The molecule has 0 unspecified atom stereocenters. The number of rotatable bonds is 3. The van der Waals surface area contributed by atoms with E-state index in [0.29, 0.717) is 0 Å². The molecule has 0 aliphatic carbocycles. The van der Waals surface area contributed by atoms with Gasteiger partial charge in [-0.3, -0.25) is 0 Å². The van der Waals surface area contributed by atoms with Gasteiger partial charge >= 0.3 is 5.13 Å².